The average Bonchev–Trinajstić information content (AvgIpc) is 0. The smallest absolute Gasteiger partial charge is 0.187 e. The van der Waals surface area contributed by atoms with Crippen LogP contribution >= 0.6 is 0 Å². The van der Waals surface area contributed by atoms with E-state index in [2.05, 4.69) is 0 Å². The Balaban J connectivity index is 0. The van der Waals surface area contributed by atoms with Crippen molar-refractivity contribution >= 4 is 17.4 Å². The molecule has 0 saturated carbocycles. The van der Waals surface area contributed by atoms with Crippen LogP contribution in [0.1, 0.15) is 7.43 Å². The van der Waals surface area contributed by atoms with Gasteiger partial charge in [0.15, 0.2) is 17.4 Å². The average molecular weight is 119 g/mol. The predicted molar refractivity (Wildman–Crippen MR) is 21.7 cm³/mol. The van der Waals surface area contributed by atoms with Crippen molar-refractivity contribution in [3.8, 4) is 0 Å². The molecule has 0 aromatic heterocycles. The van der Waals surface area contributed by atoms with Crippen molar-refractivity contribution in [2.45, 2.75) is 7.43 Å². The first kappa shape index (κ1) is 78.8. The van der Waals surface area contributed by atoms with E-state index < -0.39 is 0 Å². The van der Waals surface area contributed by atoms with Gasteiger partial charge in [0.2, 0.25) is 0 Å². The van der Waals surface area contributed by atoms with Gasteiger partial charge in [0.1, 0.15) is 0 Å². The standard InChI is InChI=1S/CH4.Al.Fe.H3N.3H/h1H4;;;1H3;;;. The topological polar surface area (TPSA) is 35.0 Å². The zero-order valence-electron chi connectivity index (χ0n) is 1.06. The largest absolute Gasteiger partial charge is 0.344 e. The molecule has 0 aliphatic rings. The normalized spacial score (nSPS) is 0. The maximum atomic E-state index is 0. The SMILES string of the molecule is C.N.[AlH3].[Fe]. The summed E-state index contributed by atoms with van der Waals surface area (Å²) in [6.07, 6.45) is 0. The van der Waals surface area contributed by atoms with Crippen LogP contribution < -0.4 is 6.15 Å². The van der Waals surface area contributed by atoms with E-state index in [0.29, 0.717) is 0 Å². The van der Waals surface area contributed by atoms with Gasteiger partial charge in [0.25, 0.3) is 0 Å². The van der Waals surface area contributed by atoms with E-state index >= 15 is 0 Å². The summed E-state index contributed by atoms with van der Waals surface area (Å²) in [5.41, 5.74) is 0. The molecule has 0 bridgehead atoms. The third-order valence-electron chi connectivity index (χ3n) is 0. The van der Waals surface area contributed by atoms with Crippen LogP contribution in [0.4, 0.5) is 0 Å². The summed E-state index contributed by atoms with van der Waals surface area (Å²) in [6.45, 7) is 0. The summed E-state index contributed by atoms with van der Waals surface area (Å²) >= 11 is 0. The van der Waals surface area contributed by atoms with Crippen molar-refractivity contribution in [1.29, 1.82) is 0 Å². The predicted octanol–water partition coefficient (Wildman–Crippen LogP) is -0.388. The zero-order chi connectivity index (χ0) is 0. The Hall–Kier alpha value is 1.01. The van der Waals surface area contributed by atoms with E-state index in [4.69, 9.17) is 0 Å². The first-order chi connectivity index (χ1) is 0. The molecule has 0 saturated heterocycles. The van der Waals surface area contributed by atoms with Crippen molar-refractivity contribution in [3.05, 3.63) is 0 Å². The van der Waals surface area contributed by atoms with Crippen LogP contribution in [0.5, 0.6) is 0 Å². The molecule has 0 fully saturated rings. The molecule has 30 valence electrons. The maximum absolute atomic E-state index is 0. The fraction of sp³-hybridized carbons (Fsp3) is 1.00. The monoisotopic (exact) mass is 119 g/mol. The molecule has 0 heterocycles. The van der Waals surface area contributed by atoms with Crippen molar-refractivity contribution in [1.82, 2.24) is 6.15 Å². The third-order valence-corrected chi connectivity index (χ3v) is 0. The second-order valence-electron chi connectivity index (χ2n) is 0. The molecule has 3 N–H and O–H groups in total. The third kappa shape index (κ3) is 11.9. The minimum Gasteiger partial charge on any atom is -0.344 e. The van der Waals surface area contributed by atoms with Crippen LogP contribution in [0.2, 0.25) is 0 Å². The summed E-state index contributed by atoms with van der Waals surface area (Å²) in [7, 11) is 0. The molecule has 0 radical (unpaired) electrons. The molecule has 0 aromatic rings. The molecule has 1 nitrogen and oxygen atoms in total. The second kappa shape index (κ2) is 35.5. The number of rotatable bonds is 0. The Kier molecular flexibility index (Phi) is 700. The van der Waals surface area contributed by atoms with Gasteiger partial charge in [-0.15, -0.1) is 0 Å². The van der Waals surface area contributed by atoms with E-state index in [1.807, 2.05) is 0 Å². The minimum atomic E-state index is 0. The second-order valence-corrected chi connectivity index (χ2v) is 0. The number of hydrogen-bond acceptors (Lipinski definition) is 1. The minimum absolute atomic E-state index is 0. The summed E-state index contributed by atoms with van der Waals surface area (Å²) < 4.78 is 0. The van der Waals surface area contributed by atoms with Gasteiger partial charge >= 0.3 is 0 Å². The zero-order valence-corrected chi connectivity index (χ0v) is 2.16. The molecule has 0 rings (SSSR count). The molecular weight excluding hydrogens is 109 g/mol. The molecule has 0 atom stereocenters. The van der Waals surface area contributed by atoms with Crippen LogP contribution in [0.3, 0.4) is 0 Å². The van der Waals surface area contributed by atoms with Crippen molar-refractivity contribution in [2.24, 2.45) is 0 Å². The van der Waals surface area contributed by atoms with Crippen LogP contribution in [0.25, 0.3) is 0 Å². The van der Waals surface area contributed by atoms with Crippen molar-refractivity contribution in [2.75, 3.05) is 0 Å². The van der Waals surface area contributed by atoms with E-state index in [9.17, 15) is 0 Å². The van der Waals surface area contributed by atoms with Gasteiger partial charge in [0, 0.05) is 17.1 Å². The van der Waals surface area contributed by atoms with Crippen molar-refractivity contribution in [3.63, 3.8) is 0 Å². The Bertz CT molecular complexity index is 8.00. The van der Waals surface area contributed by atoms with Gasteiger partial charge in [-0.05, 0) is 0 Å². The molecular formula is CH10AlFeN. The number of hydrogen-bond donors (Lipinski definition) is 1. The van der Waals surface area contributed by atoms with Crippen LogP contribution in [0, 0.1) is 0 Å². The van der Waals surface area contributed by atoms with Gasteiger partial charge in [-0.3, -0.25) is 0 Å². The summed E-state index contributed by atoms with van der Waals surface area (Å²) in [5.74, 6) is 0. The molecule has 0 aliphatic heterocycles. The van der Waals surface area contributed by atoms with Gasteiger partial charge < -0.3 is 6.15 Å². The molecule has 0 aromatic carbocycles. The first-order valence-electron chi connectivity index (χ1n) is 0. The van der Waals surface area contributed by atoms with E-state index in [0.717, 1.165) is 0 Å². The quantitative estimate of drug-likeness (QED) is 0.433. The first-order valence-corrected chi connectivity index (χ1v) is 0. The van der Waals surface area contributed by atoms with Crippen molar-refractivity contribution < 1.29 is 17.1 Å². The Morgan fingerprint density at radius 2 is 1.00 bits per heavy atom. The molecule has 0 spiro atoms. The Labute approximate surface area is 48.3 Å². The Morgan fingerprint density at radius 1 is 1.00 bits per heavy atom. The van der Waals surface area contributed by atoms with E-state index in [1.54, 1.807) is 0 Å². The van der Waals surface area contributed by atoms with Gasteiger partial charge in [0.05, 0.1) is 0 Å². The summed E-state index contributed by atoms with van der Waals surface area (Å²) in [6, 6.07) is 0. The van der Waals surface area contributed by atoms with Gasteiger partial charge in [-0.25, -0.2) is 0 Å². The summed E-state index contributed by atoms with van der Waals surface area (Å²) in [5, 5.41) is 0. The fourth-order valence-corrected chi connectivity index (χ4v) is 0. The molecule has 0 aliphatic carbocycles. The van der Waals surface area contributed by atoms with Gasteiger partial charge in [-0.1, -0.05) is 7.43 Å². The molecule has 0 unspecified atom stereocenters. The van der Waals surface area contributed by atoms with Crippen LogP contribution in [-0.4, -0.2) is 17.4 Å². The molecule has 0 amide bonds. The van der Waals surface area contributed by atoms with E-state index in [-0.39, 0.29) is 48.0 Å². The van der Waals surface area contributed by atoms with E-state index in [1.165, 1.54) is 0 Å². The van der Waals surface area contributed by atoms with Crippen LogP contribution in [0.15, 0.2) is 0 Å². The summed E-state index contributed by atoms with van der Waals surface area (Å²) in [4.78, 5) is 0. The van der Waals surface area contributed by atoms with Gasteiger partial charge in [-0.2, -0.15) is 0 Å². The maximum Gasteiger partial charge on any atom is 0.187 e. The molecule has 3 heteroatoms. The Morgan fingerprint density at radius 3 is 1.00 bits per heavy atom. The fourth-order valence-electron chi connectivity index (χ4n) is 0. The van der Waals surface area contributed by atoms with Crippen LogP contribution in [-0.2, 0) is 17.1 Å². The molecule has 4 heavy (non-hydrogen) atoms.